The van der Waals surface area contributed by atoms with Gasteiger partial charge in [-0.25, -0.2) is 0 Å². The Bertz CT molecular complexity index is 463. The van der Waals surface area contributed by atoms with Gasteiger partial charge in [-0.1, -0.05) is 12.1 Å². The predicted octanol–water partition coefficient (Wildman–Crippen LogP) is 2.00. The van der Waals surface area contributed by atoms with E-state index in [4.69, 9.17) is 8.94 Å². The first-order valence-electron chi connectivity index (χ1n) is 5.45. The van der Waals surface area contributed by atoms with E-state index in [2.05, 4.69) is 22.4 Å². The van der Waals surface area contributed by atoms with E-state index in [1.54, 1.807) is 6.26 Å². The van der Waals surface area contributed by atoms with Crippen molar-refractivity contribution in [1.29, 1.82) is 0 Å². The summed E-state index contributed by atoms with van der Waals surface area (Å²) in [7, 11) is 0. The van der Waals surface area contributed by atoms with Gasteiger partial charge in [-0.15, -0.1) is 0 Å². The molecule has 1 aliphatic heterocycles. The third-order valence-electron chi connectivity index (χ3n) is 2.98. The van der Waals surface area contributed by atoms with Gasteiger partial charge in [-0.2, -0.15) is 4.98 Å². The van der Waals surface area contributed by atoms with Crippen LogP contribution < -0.4 is 5.32 Å². The lowest BCUT2D eigenvalue weighted by Gasteiger charge is -2.08. The Morgan fingerprint density at radius 1 is 1.50 bits per heavy atom. The lowest BCUT2D eigenvalue weighted by molar-refractivity contribution is 0.319. The summed E-state index contributed by atoms with van der Waals surface area (Å²) in [6.45, 7) is 3.19. The van der Waals surface area contributed by atoms with Crippen molar-refractivity contribution in [3.8, 4) is 11.6 Å². The summed E-state index contributed by atoms with van der Waals surface area (Å²) in [6, 6.07) is 3.80. The van der Waals surface area contributed by atoms with Gasteiger partial charge in [0.1, 0.15) is 0 Å². The fraction of sp³-hybridized carbons (Fsp3) is 0.455. The van der Waals surface area contributed by atoms with E-state index in [-0.39, 0.29) is 6.04 Å². The van der Waals surface area contributed by atoms with Crippen molar-refractivity contribution in [1.82, 2.24) is 15.5 Å². The maximum atomic E-state index is 5.26. The van der Waals surface area contributed by atoms with Crippen molar-refractivity contribution >= 4 is 0 Å². The van der Waals surface area contributed by atoms with Crippen LogP contribution in [-0.2, 0) is 0 Å². The second-order valence-corrected chi connectivity index (χ2v) is 4.13. The fourth-order valence-electron chi connectivity index (χ4n) is 2.03. The molecule has 0 amide bonds. The normalized spacial score (nSPS) is 25.1. The van der Waals surface area contributed by atoms with Gasteiger partial charge >= 0.3 is 0 Å². The van der Waals surface area contributed by atoms with E-state index in [9.17, 15) is 0 Å². The molecule has 0 bridgehead atoms. The second kappa shape index (κ2) is 3.75. The summed E-state index contributed by atoms with van der Waals surface area (Å²) in [5.41, 5.74) is 0. The highest BCUT2D eigenvalue weighted by Crippen LogP contribution is 2.29. The SMILES string of the molecule is CC1CCNC1c1nc(-c2ccco2)no1. The van der Waals surface area contributed by atoms with E-state index in [0.717, 1.165) is 13.0 Å². The molecule has 0 radical (unpaired) electrons. The molecule has 0 saturated carbocycles. The van der Waals surface area contributed by atoms with Crippen molar-refractivity contribution < 1.29 is 8.94 Å². The lowest BCUT2D eigenvalue weighted by atomic mass is 10.0. The summed E-state index contributed by atoms with van der Waals surface area (Å²) in [5.74, 6) is 2.34. The molecule has 5 nitrogen and oxygen atoms in total. The first kappa shape index (κ1) is 9.59. The molecule has 0 aromatic carbocycles. The highest BCUT2D eigenvalue weighted by Gasteiger charge is 2.29. The maximum Gasteiger partial charge on any atom is 0.244 e. The van der Waals surface area contributed by atoms with Gasteiger partial charge in [0.05, 0.1) is 12.3 Å². The van der Waals surface area contributed by atoms with Crippen LogP contribution in [0.15, 0.2) is 27.3 Å². The summed E-state index contributed by atoms with van der Waals surface area (Å²) in [5, 5.41) is 7.27. The quantitative estimate of drug-likeness (QED) is 0.836. The third-order valence-corrected chi connectivity index (χ3v) is 2.98. The third kappa shape index (κ3) is 1.53. The van der Waals surface area contributed by atoms with E-state index >= 15 is 0 Å². The molecule has 2 aromatic rings. The number of rotatable bonds is 2. The van der Waals surface area contributed by atoms with Gasteiger partial charge in [0.25, 0.3) is 0 Å². The number of hydrogen-bond donors (Lipinski definition) is 1. The minimum atomic E-state index is 0.177. The molecule has 2 aromatic heterocycles. The van der Waals surface area contributed by atoms with Crippen LogP contribution >= 0.6 is 0 Å². The van der Waals surface area contributed by atoms with Gasteiger partial charge in [-0.05, 0) is 31.0 Å². The molecule has 3 rings (SSSR count). The van der Waals surface area contributed by atoms with Crippen molar-refractivity contribution in [2.45, 2.75) is 19.4 Å². The van der Waals surface area contributed by atoms with Gasteiger partial charge in [0.2, 0.25) is 11.7 Å². The molecule has 16 heavy (non-hydrogen) atoms. The van der Waals surface area contributed by atoms with E-state index in [1.165, 1.54) is 0 Å². The highest BCUT2D eigenvalue weighted by molar-refractivity contribution is 5.44. The number of nitrogens with one attached hydrogen (secondary N) is 1. The van der Waals surface area contributed by atoms with Gasteiger partial charge in [0, 0.05) is 0 Å². The molecule has 2 atom stereocenters. The Balaban J connectivity index is 1.88. The molecule has 1 saturated heterocycles. The molecular weight excluding hydrogens is 206 g/mol. The molecule has 3 heterocycles. The molecule has 1 aliphatic rings. The van der Waals surface area contributed by atoms with Crippen LogP contribution in [0.25, 0.3) is 11.6 Å². The van der Waals surface area contributed by atoms with E-state index in [1.807, 2.05) is 12.1 Å². The second-order valence-electron chi connectivity index (χ2n) is 4.13. The Kier molecular flexibility index (Phi) is 2.25. The van der Waals surface area contributed by atoms with Crippen molar-refractivity contribution in [2.24, 2.45) is 5.92 Å². The minimum Gasteiger partial charge on any atom is -0.461 e. The summed E-state index contributed by atoms with van der Waals surface area (Å²) in [4.78, 5) is 4.35. The van der Waals surface area contributed by atoms with Crippen LogP contribution in [0.3, 0.4) is 0 Å². The lowest BCUT2D eigenvalue weighted by Crippen LogP contribution is -2.16. The Morgan fingerprint density at radius 3 is 3.12 bits per heavy atom. The molecule has 0 spiro atoms. The van der Waals surface area contributed by atoms with Crippen molar-refractivity contribution in [3.63, 3.8) is 0 Å². The zero-order valence-corrected chi connectivity index (χ0v) is 9.01. The predicted molar refractivity (Wildman–Crippen MR) is 56.5 cm³/mol. The molecule has 0 aliphatic carbocycles. The molecule has 1 N–H and O–H groups in total. The van der Waals surface area contributed by atoms with Crippen molar-refractivity contribution in [3.05, 3.63) is 24.3 Å². The number of nitrogens with zero attached hydrogens (tertiary/aromatic N) is 2. The minimum absolute atomic E-state index is 0.177. The van der Waals surface area contributed by atoms with Gasteiger partial charge < -0.3 is 14.3 Å². The number of hydrogen-bond acceptors (Lipinski definition) is 5. The maximum absolute atomic E-state index is 5.26. The van der Waals surface area contributed by atoms with E-state index in [0.29, 0.717) is 23.4 Å². The van der Waals surface area contributed by atoms with Crippen LogP contribution in [0.5, 0.6) is 0 Å². The Hall–Kier alpha value is -1.62. The summed E-state index contributed by atoms with van der Waals surface area (Å²) in [6.07, 6.45) is 2.74. The van der Waals surface area contributed by atoms with Crippen LogP contribution in [0.1, 0.15) is 25.3 Å². The zero-order valence-electron chi connectivity index (χ0n) is 9.01. The number of aromatic nitrogens is 2. The average molecular weight is 219 g/mol. The molecule has 2 unspecified atom stereocenters. The average Bonchev–Trinajstić information content (AvgIpc) is 2.96. The van der Waals surface area contributed by atoms with Crippen LogP contribution in [0.2, 0.25) is 0 Å². The van der Waals surface area contributed by atoms with Crippen LogP contribution in [-0.4, -0.2) is 16.7 Å². The molecule has 1 fully saturated rings. The first-order chi connectivity index (χ1) is 7.84. The van der Waals surface area contributed by atoms with Gasteiger partial charge in [-0.3, -0.25) is 0 Å². The Morgan fingerprint density at radius 2 is 2.44 bits per heavy atom. The molecular formula is C11H13N3O2. The van der Waals surface area contributed by atoms with Crippen molar-refractivity contribution in [2.75, 3.05) is 6.54 Å². The van der Waals surface area contributed by atoms with Crippen LogP contribution in [0.4, 0.5) is 0 Å². The summed E-state index contributed by atoms with van der Waals surface area (Å²) >= 11 is 0. The first-order valence-corrected chi connectivity index (χ1v) is 5.45. The topological polar surface area (TPSA) is 64.1 Å². The standard InChI is InChI=1S/C11H13N3O2/c1-7-4-5-12-9(7)11-13-10(14-16-11)8-3-2-6-15-8/h2-3,6-7,9,12H,4-5H2,1H3. The fourth-order valence-corrected chi connectivity index (χ4v) is 2.03. The largest absolute Gasteiger partial charge is 0.461 e. The van der Waals surface area contributed by atoms with Gasteiger partial charge in [0.15, 0.2) is 5.76 Å². The Labute approximate surface area is 92.8 Å². The van der Waals surface area contributed by atoms with Crippen LogP contribution in [0, 0.1) is 5.92 Å². The monoisotopic (exact) mass is 219 g/mol. The zero-order chi connectivity index (χ0) is 11.0. The number of furan rings is 1. The smallest absolute Gasteiger partial charge is 0.244 e. The van der Waals surface area contributed by atoms with E-state index < -0.39 is 0 Å². The molecule has 84 valence electrons. The highest BCUT2D eigenvalue weighted by atomic mass is 16.5. The molecule has 5 heteroatoms. The summed E-state index contributed by atoms with van der Waals surface area (Å²) < 4.78 is 10.5.